The largest absolute Gasteiger partial charge is 0.368 e. The van der Waals surface area contributed by atoms with Gasteiger partial charge in [0.05, 0.1) is 10.9 Å². The molecule has 3 rings (SSSR count). The summed E-state index contributed by atoms with van der Waals surface area (Å²) in [7, 11) is 0. The minimum atomic E-state index is -0.495. The number of nitrogens with zero attached hydrogens (tertiary/aromatic N) is 4. The van der Waals surface area contributed by atoms with Gasteiger partial charge in [0.1, 0.15) is 12.1 Å². The zero-order valence-corrected chi connectivity index (χ0v) is 14.0. The molecule has 128 valence electrons. The van der Waals surface area contributed by atoms with Crippen LogP contribution in [-0.4, -0.2) is 35.9 Å². The van der Waals surface area contributed by atoms with Gasteiger partial charge in [-0.3, -0.25) is 14.7 Å². The van der Waals surface area contributed by atoms with Crippen molar-refractivity contribution in [1.29, 1.82) is 0 Å². The van der Waals surface area contributed by atoms with E-state index < -0.39 is 5.25 Å². The minimum absolute atomic E-state index is 0.0920. The van der Waals surface area contributed by atoms with Crippen molar-refractivity contribution in [2.75, 3.05) is 11.1 Å². The van der Waals surface area contributed by atoms with Gasteiger partial charge in [0, 0.05) is 6.07 Å². The maximum Gasteiger partial charge on any atom is 0.273 e. The zero-order valence-electron chi connectivity index (χ0n) is 13.2. The maximum atomic E-state index is 12.3. The highest BCUT2D eigenvalue weighted by Gasteiger charge is 2.17. The number of thioether (sulfide) groups is 1. The zero-order chi connectivity index (χ0) is 17.8. The second-order valence-electron chi connectivity index (χ2n) is 5.05. The Morgan fingerprint density at radius 2 is 2.08 bits per heavy atom. The number of nitrogens with one attached hydrogen (secondary N) is 2. The molecule has 1 unspecified atom stereocenters. The van der Waals surface area contributed by atoms with E-state index in [1.807, 2.05) is 18.2 Å². The minimum Gasteiger partial charge on any atom is -0.368 e. The molecular weight excluding hydrogens is 342 g/mol. The molecule has 2 heterocycles. The van der Waals surface area contributed by atoms with Gasteiger partial charge in [-0.15, -0.1) is 0 Å². The van der Waals surface area contributed by atoms with Crippen molar-refractivity contribution in [1.82, 2.24) is 24.7 Å². The molecule has 25 heavy (non-hydrogen) atoms. The molecule has 2 aromatic heterocycles. The lowest BCUT2D eigenvalue weighted by Gasteiger charge is -2.09. The Labute approximate surface area is 146 Å². The number of rotatable bonds is 5. The SMILES string of the molecule is CC(Sc1ncnc(N)n1)C(=O)Nc1cc(=O)n(-c2ccccc2)[nH]1. The quantitative estimate of drug-likeness (QED) is 0.582. The van der Waals surface area contributed by atoms with Crippen molar-refractivity contribution < 1.29 is 4.79 Å². The molecule has 0 saturated heterocycles. The van der Waals surface area contributed by atoms with Crippen LogP contribution < -0.4 is 16.6 Å². The van der Waals surface area contributed by atoms with Gasteiger partial charge in [-0.2, -0.15) is 4.98 Å². The van der Waals surface area contributed by atoms with Gasteiger partial charge in [-0.25, -0.2) is 14.6 Å². The highest BCUT2D eigenvalue weighted by atomic mass is 32.2. The van der Waals surface area contributed by atoms with E-state index in [1.165, 1.54) is 17.1 Å². The molecule has 0 bridgehead atoms. The van der Waals surface area contributed by atoms with Crippen molar-refractivity contribution in [2.45, 2.75) is 17.3 Å². The van der Waals surface area contributed by atoms with Crippen molar-refractivity contribution in [3.63, 3.8) is 0 Å². The van der Waals surface area contributed by atoms with Gasteiger partial charge in [0.15, 0.2) is 5.16 Å². The smallest absolute Gasteiger partial charge is 0.273 e. The number of carbonyl (C=O) groups is 1. The molecule has 0 fully saturated rings. The fourth-order valence-corrected chi connectivity index (χ4v) is 2.76. The molecule has 1 aromatic carbocycles. The number of aromatic amines is 1. The molecule has 4 N–H and O–H groups in total. The maximum absolute atomic E-state index is 12.3. The lowest BCUT2D eigenvalue weighted by atomic mass is 10.3. The summed E-state index contributed by atoms with van der Waals surface area (Å²) in [6.07, 6.45) is 1.28. The Hall–Kier alpha value is -3.14. The molecule has 9 nitrogen and oxygen atoms in total. The Balaban J connectivity index is 1.70. The predicted molar refractivity (Wildman–Crippen MR) is 94.6 cm³/mol. The summed E-state index contributed by atoms with van der Waals surface area (Å²) in [6.45, 7) is 1.70. The highest BCUT2D eigenvalue weighted by molar-refractivity contribution is 8.00. The number of amides is 1. The topological polar surface area (TPSA) is 132 Å². The number of hydrogen-bond acceptors (Lipinski definition) is 7. The van der Waals surface area contributed by atoms with Gasteiger partial charge in [0.2, 0.25) is 11.9 Å². The molecule has 0 spiro atoms. The number of carbonyl (C=O) groups excluding carboxylic acids is 1. The fraction of sp³-hybridized carbons (Fsp3) is 0.133. The number of aromatic nitrogens is 5. The third kappa shape index (κ3) is 4.04. The average Bonchev–Trinajstić information content (AvgIpc) is 2.96. The summed E-state index contributed by atoms with van der Waals surface area (Å²) in [5, 5.41) is 5.38. The summed E-state index contributed by atoms with van der Waals surface area (Å²) < 4.78 is 1.35. The van der Waals surface area contributed by atoms with Gasteiger partial charge in [-0.05, 0) is 19.1 Å². The summed E-state index contributed by atoms with van der Waals surface area (Å²) in [6, 6.07) is 10.4. The van der Waals surface area contributed by atoms with Crippen molar-refractivity contribution in [3.8, 4) is 5.69 Å². The van der Waals surface area contributed by atoms with E-state index in [2.05, 4.69) is 25.4 Å². The number of nitrogen functional groups attached to an aromatic ring is 1. The Kier molecular flexibility index (Phi) is 4.80. The molecular formula is C15H15N7O2S. The van der Waals surface area contributed by atoms with E-state index in [1.54, 1.807) is 19.1 Å². The summed E-state index contributed by atoms with van der Waals surface area (Å²) in [4.78, 5) is 35.9. The number of benzene rings is 1. The van der Waals surface area contributed by atoms with Gasteiger partial charge in [-0.1, -0.05) is 30.0 Å². The van der Waals surface area contributed by atoms with E-state index in [9.17, 15) is 9.59 Å². The van der Waals surface area contributed by atoms with Crippen molar-refractivity contribution in [3.05, 3.63) is 53.1 Å². The molecule has 0 radical (unpaired) electrons. The number of anilines is 2. The van der Waals surface area contributed by atoms with Crippen LogP contribution >= 0.6 is 11.8 Å². The molecule has 1 amide bonds. The second kappa shape index (κ2) is 7.18. The Morgan fingerprint density at radius 3 is 2.80 bits per heavy atom. The molecule has 3 aromatic rings. The second-order valence-corrected chi connectivity index (χ2v) is 6.36. The normalized spacial score (nSPS) is 11.9. The van der Waals surface area contributed by atoms with Crippen LogP contribution in [-0.2, 0) is 4.79 Å². The van der Waals surface area contributed by atoms with E-state index in [0.717, 1.165) is 11.8 Å². The van der Waals surface area contributed by atoms with Crippen LogP contribution in [0.2, 0.25) is 0 Å². The first kappa shape index (κ1) is 16.7. The van der Waals surface area contributed by atoms with Crippen LogP contribution in [0.15, 0.2) is 52.7 Å². The molecule has 10 heteroatoms. The first-order chi connectivity index (χ1) is 12.0. The first-order valence-corrected chi connectivity index (χ1v) is 8.20. The van der Waals surface area contributed by atoms with E-state index in [-0.39, 0.29) is 17.4 Å². The van der Waals surface area contributed by atoms with Crippen molar-refractivity contribution in [2.24, 2.45) is 0 Å². The highest BCUT2D eigenvalue weighted by Crippen LogP contribution is 2.20. The molecule has 0 saturated carbocycles. The standard InChI is InChI=1S/C15H15N7O2S/c1-9(25-15-18-8-17-14(16)20-15)13(24)19-11-7-12(23)22(21-11)10-5-3-2-4-6-10/h2-9,21H,1H3,(H,19,24)(H2,16,17,18,20). The number of para-hydroxylation sites is 1. The number of hydrogen-bond donors (Lipinski definition) is 3. The fourth-order valence-electron chi connectivity index (χ4n) is 2.02. The van der Waals surface area contributed by atoms with E-state index >= 15 is 0 Å². The number of nitrogens with two attached hydrogens (primary N) is 1. The van der Waals surface area contributed by atoms with Crippen LogP contribution in [0, 0.1) is 0 Å². The van der Waals surface area contributed by atoms with Gasteiger partial charge in [0.25, 0.3) is 5.56 Å². The van der Waals surface area contributed by atoms with Crippen LogP contribution in [0.4, 0.5) is 11.8 Å². The summed E-state index contributed by atoms with van der Waals surface area (Å²) >= 11 is 1.14. The average molecular weight is 357 g/mol. The van der Waals surface area contributed by atoms with Crippen LogP contribution in [0.25, 0.3) is 5.69 Å². The lowest BCUT2D eigenvalue weighted by molar-refractivity contribution is -0.115. The molecule has 0 aliphatic carbocycles. The third-order valence-electron chi connectivity index (χ3n) is 3.21. The van der Waals surface area contributed by atoms with Gasteiger partial charge < -0.3 is 11.1 Å². The molecule has 0 aliphatic rings. The van der Waals surface area contributed by atoms with Gasteiger partial charge >= 0.3 is 0 Å². The Bertz CT molecular complexity index is 938. The van der Waals surface area contributed by atoms with Crippen LogP contribution in [0.5, 0.6) is 0 Å². The monoisotopic (exact) mass is 357 g/mol. The van der Waals surface area contributed by atoms with Crippen LogP contribution in [0.3, 0.4) is 0 Å². The lowest BCUT2D eigenvalue weighted by Crippen LogP contribution is -2.23. The van der Waals surface area contributed by atoms with E-state index in [4.69, 9.17) is 5.73 Å². The summed E-state index contributed by atoms with van der Waals surface area (Å²) in [5.74, 6) is 0.0984. The van der Waals surface area contributed by atoms with Crippen LogP contribution in [0.1, 0.15) is 6.92 Å². The van der Waals surface area contributed by atoms with Crippen molar-refractivity contribution >= 4 is 29.4 Å². The first-order valence-electron chi connectivity index (χ1n) is 7.32. The Morgan fingerprint density at radius 1 is 1.32 bits per heavy atom. The van der Waals surface area contributed by atoms with E-state index in [0.29, 0.717) is 16.7 Å². The predicted octanol–water partition coefficient (Wildman–Crippen LogP) is 1.05. The summed E-state index contributed by atoms with van der Waals surface area (Å²) in [5.41, 5.74) is 5.90. The molecule has 0 aliphatic heterocycles. The third-order valence-corrected chi connectivity index (χ3v) is 4.19. The number of H-pyrrole nitrogens is 1. The molecule has 1 atom stereocenters.